The SMILES string of the molecule is CCc1cc(CNCC(C)C)cc(OCCOC)n1. The van der Waals surface area contributed by atoms with Crippen LogP contribution in [0.3, 0.4) is 0 Å². The molecule has 0 aromatic carbocycles. The van der Waals surface area contributed by atoms with Crippen molar-refractivity contribution in [2.24, 2.45) is 5.92 Å². The third kappa shape index (κ3) is 6.55. The van der Waals surface area contributed by atoms with E-state index in [1.807, 2.05) is 6.07 Å². The molecule has 0 saturated carbocycles. The van der Waals surface area contributed by atoms with Crippen molar-refractivity contribution < 1.29 is 9.47 Å². The molecule has 1 rings (SSSR count). The number of hydrogen-bond acceptors (Lipinski definition) is 4. The summed E-state index contributed by atoms with van der Waals surface area (Å²) in [5, 5.41) is 3.44. The minimum atomic E-state index is 0.537. The molecule has 0 saturated heterocycles. The molecule has 0 spiro atoms. The van der Waals surface area contributed by atoms with Gasteiger partial charge in [-0.1, -0.05) is 20.8 Å². The van der Waals surface area contributed by atoms with Gasteiger partial charge in [0.15, 0.2) is 0 Å². The number of pyridine rings is 1. The predicted molar refractivity (Wildman–Crippen MR) is 77.5 cm³/mol. The van der Waals surface area contributed by atoms with E-state index in [0.717, 1.165) is 25.2 Å². The molecule has 1 aromatic heterocycles. The maximum atomic E-state index is 5.59. The van der Waals surface area contributed by atoms with E-state index >= 15 is 0 Å². The normalized spacial score (nSPS) is 11.0. The quantitative estimate of drug-likeness (QED) is 0.697. The van der Waals surface area contributed by atoms with Gasteiger partial charge < -0.3 is 14.8 Å². The van der Waals surface area contributed by atoms with Gasteiger partial charge in [0.25, 0.3) is 0 Å². The lowest BCUT2D eigenvalue weighted by molar-refractivity contribution is 0.143. The maximum absolute atomic E-state index is 5.59. The lowest BCUT2D eigenvalue weighted by atomic mass is 10.2. The number of ether oxygens (including phenoxy) is 2. The second-order valence-corrected chi connectivity index (χ2v) is 5.02. The molecule has 108 valence electrons. The van der Waals surface area contributed by atoms with Crippen LogP contribution in [0.5, 0.6) is 5.88 Å². The van der Waals surface area contributed by atoms with Crippen LogP contribution < -0.4 is 10.1 Å². The molecular weight excluding hydrogens is 240 g/mol. The Bertz CT molecular complexity index is 367. The van der Waals surface area contributed by atoms with E-state index in [9.17, 15) is 0 Å². The highest BCUT2D eigenvalue weighted by molar-refractivity contribution is 5.25. The Hall–Kier alpha value is -1.13. The summed E-state index contributed by atoms with van der Waals surface area (Å²) in [7, 11) is 1.67. The molecule has 1 aromatic rings. The average molecular weight is 266 g/mol. The molecule has 4 nitrogen and oxygen atoms in total. The zero-order chi connectivity index (χ0) is 14.1. The van der Waals surface area contributed by atoms with Crippen LogP contribution in [0.2, 0.25) is 0 Å². The first kappa shape index (κ1) is 15.9. The number of aryl methyl sites for hydroxylation is 1. The number of aromatic nitrogens is 1. The first-order valence-electron chi connectivity index (χ1n) is 6.98. The minimum Gasteiger partial charge on any atom is -0.475 e. The molecule has 0 aliphatic rings. The fraction of sp³-hybridized carbons (Fsp3) is 0.667. The summed E-state index contributed by atoms with van der Waals surface area (Å²) in [5.41, 5.74) is 2.29. The Balaban J connectivity index is 2.60. The highest BCUT2D eigenvalue weighted by Crippen LogP contribution is 2.13. The van der Waals surface area contributed by atoms with Gasteiger partial charge in [0, 0.05) is 25.4 Å². The number of rotatable bonds is 9. The first-order chi connectivity index (χ1) is 9.15. The van der Waals surface area contributed by atoms with Crippen molar-refractivity contribution in [1.29, 1.82) is 0 Å². The summed E-state index contributed by atoms with van der Waals surface area (Å²) in [6, 6.07) is 4.14. The van der Waals surface area contributed by atoms with Crippen LogP contribution in [0.1, 0.15) is 32.0 Å². The van der Waals surface area contributed by atoms with Gasteiger partial charge in [0.05, 0.1) is 6.61 Å². The standard InChI is InChI=1S/C15H26N2O2/c1-5-14-8-13(11-16-10-12(2)3)9-15(17-14)19-7-6-18-4/h8-9,12,16H,5-7,10-11H2,1-4H3. The van der Waals surface area contributed by atoms with Gasteiger partial charge >= 0.3 is 0 Å². The Morgan fingerprint density at radius 1 is 1.26 bits per heavy atom. The summed E-state index contributed by atoms with van der Waals surface area (Å²) >= 11 is 0. The minimum absolute atomic E-state index is 0.537. The molecule has 0 unspecified atom stereocenters. The monoisotopic (exact) mass is 266 g/mol. The van der Waals surface area contributed by atoms with Crippen LogP contribution in [0, 0.1) is 5.92 Å². The molecular formula is C15H26N2O2. The second-order valence-electron chi connectivity index (χ2n) is 5.02. The fourth-order valence-electron chi connectivity index (χ4n) is 1.71. The van der Waals surface area contributed by atoms with Crippen molar-refractivity contribution in [2.45, 2.75) is 33.7 Å². The van der Waals surface area contributed by atoms with E-state index in [-0.39, 0.29) is 0 Å². The topological polar surface area (TPSA) is 43.4 Å². The Morgan fingerprint density at radius 3 is 2.68 bits per heavy atom. The molecule has 0 radical (unpaired) electrons. The fourth-order valence-corrected chi connectivity index (χ4v) is 1.71. The Morgan fingerprint density at radius 2 is 2.05 bits per heavy atom. The van der Waals surface area contributed by atoms with Crippen molar-refractivity contribution in [3.05, 3.63) is 23.4 Å². The van der Waals surface area contributed by atoms with Crippen molar-refractivity contribution in [3.8, 4) is 5.88 Å². The van der Waals surface area contributed by atoms with Gasteiger partial charge in [-0.25, -0.2) is 4.98 Å². The van der Waals surface area contributed by atoms with Gasteiger partial charge in [-0.3, -0.25) is 0 Å². The number of nitrogens with one attached hydrogen (secondary N) is 1. The highest BCUT2D eigenvalue weighted by Gasteiger charge is 2.03. The second kappa shape index (κ2) is 8.88. The lowest BCUT2D eigenvalue weighted by Crippen LogP contribution is -2.19. The van der Waals surface area contributed by atoms with Crippen LogP contribution in [0.15, 0.2) is 12.1 Å². The van der Waals surface area contributed by atoms with E-state index in [0.29, 0.717) is 25.0 Å². The summed E-state index contributed by atoms with van der Waals surface area (Å²) in [4.78, 5) is 4.46. The van der Waals surface area contributed by atoms with Crippen molar-refractivity contribution in [1.82, 2.24) is 10.3 Å². The number of hydrogen-bond donors (Lipinski definition) is 1. The molecule has 0 amide bonds. The molecule has 0 aliphatic carbocycles. The molecule has 4 heteroatoms. The van der Waals surface area contributed by atoms with Gasteiger partial charge in [0.1, 0.15) is 6.61 Å². The molecule has 0 aliphatic heterocycles. The van der Waals surface area contributed by atoms with Crippen LogP contribution in [0.25, 0.3) is 0 Å². The molecule has 0 fully saturated rings. The smallest absolute Gasteiger partial charge is 0.213 e. The average Bonchev–Trinajstić information content (AvgIpc) is 2.38. The van der Waals surface area contributed by atoms with Crippen molar-refractivity contribution in [3.63, 3.8) is 0 Å². The lowest BCUT2D eigenvalue weighted by Gasteiger charge is -2.11. The Kier molecular flexibility index (Phi) is 7.45. The van der Waals surface area contributed by atoms with Crippen molar-refractivity contribution >= 4 is 0 Å². The van der Waals surface area contributed by atoms with Crippen molar-refractivity contribution in [2.75, 3.05) is 26.9 Å². The van der Waals surface area contributed by atoms with Crippen LogP contribution in [0.4, 0.5) is 0 Å². The molecule has 1 heterocycles. The molecule has 1 N–H and O–H groups in total. The maximum Gasteiger partial charge on any atom is 0.213 e. The van der Waals surface area contributed by atoms with E-state index in [2.05, 4.69) is 37.1 Å². The summed E-state index contributed by atoms with van der Waals surface area (Å²) in [6.07, 6.45) is 0.915. The third-order valence-electron chi connectivity index (χ3n) is 2.70. The first-order valence-corrected chi connectivity index (χ1v) is 6.98. The Labute approximate surface area is 116 Å². The summed E-state index contributed by atoms with van der Waals surface area (Å²) in [6.45, 7) is 9.51. The van der Waals surface area contributed by atoms with E-state index in [1.54, 1.807) is 7.11 Å². The van der Waals surface area contributed by atoms with Crippen LogP contribution in [-0.4, -0.2) is 31.9 Å². The molecule has 19 heavy (non-hydrogen) atoms. The highest BCUT2D eigenvalue weighted by atomic mass is 16.5. The van der Waals surface area contributed by atoms with Gasteiger partial charge in [0.2, 0.25) is 5.88 Å². The van der Waals surface area contributed by atoms with E-state index < -0.39 is 0 Å². The largest absolute Gasteiger partial charge is 0.475 e. The zero-order valence-corrected chi connectivity index (χ0v) is 12.5. The molecule has 0 atom stereocenters. The van der Waals surface area contributed by atoms with Gasteiger partial charge in [-0.05, 0) is 30.5 Å². The van der Waals surface area contributed by atoms with Crippen LogP contribution in [-0.2, 0) is 17.7 Å². The summed E-state index contributed by atoms with van der Waals surface area (Å²) in [5.74, 6) is 1.35. The predicted octanol–water partition coefficient (Wildman–Crippen LogP) is 2.41. The van der Waals surface area contributed by atoms with Gasteiger partial charge in [-0.15, -0.1) is 0 Å². The number of methoxy groups -OCH3 is 1. The molecule has 0 bridgehead atoms. The van der Waals surface area contributed by atoms with E-state index in [1.165, 1.54) is 5.56 Å². The van der Waals surface area contributed by atoms with E-state index in [4.69, 9.17) is 9.47 Å². The van der Waals surface area contributed by atoms with Crippen LogP contribution >= 0.6 is 0 Å². The zero-order valence-electron chi connectivity index (χ0n) is 12.5. The summed E-state index contributed by atoms with van der Waals surface area (Å²) < 4.78 is 10.6. The third-order valence-corrected chi connectivity index (χ3v) is 2.70. The number of nitrogens with zero attached hydrogens (tertiary/aromatic N) is 1. The van der Waals surface area contributed by atoms with Gasteiger partial charge in [-0.2, -0.15) is 0 Å².